The normalized spacial score (nSPS) is 14.1. The van der Waals surface area contributed by atoms with E-state index in [1.54, 1.807) is 12.1 Å². The molecule has 2 aromatic rings. The molecule has 0 bridgehead atoms. The molecule has 0 atom stereocenters. The molecule has 186 valence electrons. The number of aryl methyl sites for hydroxylation is 2. The van der Waals surface area contributed by atoms with E-state index < -0.39 is 28.1 Å². The quantitative estimate of drug-likeness (QED) is 0.558. The van der Waals surface area contributed by atoms with Gasteiger partial charge in [0.25, 0.3) is 10.0 Å². The van der Waals surface area contributed by atoms with Crippen LogP contribution >= 0.6 is 0 Å². The van der Waals surface area contributed by atoms with Gasteiger partial charge in [-0.2, -0.15) is 13.2 Å². The molecule has 0 amide bonds. The lowest BCUT2D eigenvalue weighted by molar-refractivity contribution is -0.192. The number of aliphatic carboxylic acids is 1. The van der Waals surface area contributed by atoms with Crippen molar-refractivity contribution in [3.63, 3.8) is 0 Å². The topological polar surface area (TPSA) is 146 Å². The third-order valence-corrected chi connectivity index (χ3v) is 6.07. The lowest BCUT2D eigenvalue weighted by Gasteiger charge is -2.28. The van der Waals surface area contributed by atoms with E-state index >= 15 is 0 Å². The first kappa shape index (κ1) is 26.9. The molecule has 3 rings (SSSR count). The standard InChI is InChI=1S/C18H21N3O5S.C2HF3O2/c1-12-3-4-15(9-13(12)2)27(24,25)20-14-10-16(18(22)23)17(19-11-14)21-5-7-26-8-6-21;3-2(4,5)1(6)7/h3-4,9-11,20H,5-8H2,1-2H3,(H,22,23);(H,6,7). The lowest BCUT2D eigenvalue weighted by atomic mass is 10.1. The second-order valence-corrected chi connectivity index (χ2v) is 8.84. The number of carbonyl (C=O) groups is 2. The van der Waals surface area contributed by atoms with Gasteiger partial charge in [-0.05, 0) is 43.2 Å². The van der Waals surface area contributed by atoms with Crippen LogP contribution in [-0.2, 0) is 19.6 Å². The maximum absolute atomic E-state index is 12.6. The number of nitrogens with zero attached hydrogens (tertiary/aromatic N) is 2. The summed E-state index contributed by atoms with van der Waals surface area (Å²) in [6, 6.07) is 6.11. The highest BCUT2D eigenvalue weighted by atomic mass is 32.2. The average molecular weight is 505 g/mol. The molecular formula is C20H22F3N3O7S. The maximum Gasteiger partial charge on any atom is 0.490 e. The number of carboxylic acid groups (broad SMARTS) is 2. The molecule has 1 fully saturated rings. The fourth-order valence-corrected chi connectivity index (χ4v) is 3.91. The van der Waals surface area contributed by atoms with Gasteiger partial charge in [0.1, 0.15) is 11.4 Å². The van der Waals surface area contributed by atoms with Crippen molar-refractivity contribution < 1.29 is 46.1 Å². The van der Waals surface area contributed by atoms with Crippen LogP contribution in [0, 0.1) is 13.8 Å². The number of hydrogen-bond acceptors (Lipinski definition) is 7. The van der Waals surface area contributed by atoms with E-state index in [4.69, 9.17) is 14.6 Å². The fourth-order valence-electron chi connectivity index (χ4n) is 2.79. The van der Waals surface area contributed by atoms with Crippen molar-refractivity contribution in [2.45, 2.75) is 24.9 Å². The average Bonchev–Trinajstić information content (AvgIpc) is 2.75. The highest BCUT2D eigenvalue weighted by molar-refractivity contribution is 7.92. The van der Waals surface area contributed by atoms with Crippen LogP contribution in [0.25, 0.3) is 0 Å². The van der Waals surface area contributed by atoms with Gasteiger partial charge in [-0.3, -0.25) is 4.72 Å². The Hall–Kier alpha value is -3.39. The number of nitrogens with one attached hydrogen (secondary N) is 1. The number of halogens is 3. The van der Waals surface area contributed by atoms with Gasteiger partial charge in [-0.1, -0.05) is 6.07 Å². The summed E-state index contributed by atoms with van der Waals surface area (Å²) >= 11 is 0. The molecule has 0 saturated carbocycles. The molecular weight excluding hydrogens is 483 g/mol. The number of aromatic carboxylic acids is 1. The van der Waals surface area contributed by atoms with Gasteiger partial charge in [0.15, 0.2) is 0 Å². The van der Waals surface area contributed by atoms with E-state index in [1.165, 1.54) is 18.3 Å². The Bertz CT molecular complexity index is 1160. The van der Waals surface area contributed by atoms with Crippen molar-refractivity contribution in [2.75, 3.05) is 35.9 Å². The highest BCUT2D eigenvalue weighted by Gasteiger charge is 2.38. The van der Waals surface area contributed by atoms with E-state index in [2.05, 4.69) is 9.71 Å². The van der Waals surface area contributed by atoms with Crippen LogP contribution in [0.15, 0.2) is 35.4 Å². The monoisotopic (exact) mass is 505 g/mol. The van der Waals surface area contributed by atoms with Gasteiger partial charge >= 0.3 is 18.1 Å². The summed E-state index contributed by atoms with van der Waals surface area (Å²) < 4.78 is 64.7. The van der Waals surface area contributed by atoms with E-state index in [9.17, 15) is 31.5 Å². The third kappa shape index (κ3) is 7.05. The Morgan fingerprint density at radius 3 is 2.18 bits per heavy atom. The molecule has 0 radical (unpaired) electrons. The summed E-state index contributed by atoms with van der Waals surface area (Å²) in [4.78, 5) is 26.7. The van der Waals surface area contributed by atoms with Crippen molar-refractivity contribution in [3.05, 3.63) is 47.2 Å². The predicted octanol–water partition coefficient (Wildman–Crippen LogP) is 2.67. The van der Waals surface area contributed by atoms with E-state index in [0.717, 1.165) is 11.1 Å². The number of hydrogen-bond donors (Lipinski definition) is 3. The molecule has 10 nitrogen and oxygen atoms in total. The number of sulfonamides is 1. The van der Waals surface area contributed by atoms with Crippen molar-refractivity contribution in [3.8, 4) is 0 Å². The molecule has 0 spiro atoms. The van der Waals surface area contributed by atoms with Gasteiger partial charge in [0.2, 0.25) is 0 Å². The number of pyridine rings is 1. The van der Waals surface area contributed by atoms with Crippen LogP contribution in [0.5, 0.6) is 0 Å². The minimum absolute atomic E-state index is 0.0582. The summed E-state index contributed by atoms with van der Waals surface area (Å²) in [5.74, 6) is -3.62. The van der Waals surface area contributed by atoms with Crippen molar-refractivity contribution in [1.82, 2.24) is 4.98 Å². The van der Waals surface area contributed by atoms with Gasteiger partial charge in [0.05, 0.1) is 30.0 Å². The van der Waals surface area contributed by atoms with Crippen LogP contribution in [0.2, 0.25) is 0 Å². The van der Waals surface area contributed by atoms with Crippen molar-refractivity contribution in [2.24, 2.45) is 0 Å². The molecule has 34 heavy (non-hydrogen) atoms. The smallest absolute Gasteiger partial charge is 0.478 e. The molecule has 3 N–H and O–H groups in total. The first-order valence-electron chi connectivity index (χ1n) is 9.68. The fraction of sp³-hybridized carbons (Fsp3) is 0.350. The molecule has 1 saturated heterocycles. The van der Waals surface area contributed by atoms with E-state index in [-0.39, 0.29) is 16.1 Å². The second-order valence-electron chi connectivity index (χ2n) is 7.15. The Morgan fingerprint density at radius 1 is 1.09 bits per heavy atom. The number of benzene rings is 1. The number of ether oxygens (including phenoxy) is 1. The van der Waals surface area contributed by atoms with Crippen LogP contribution in [0.3, 0.4) is 0 Å². The molecule has 0 aliphatic carbocycles. The third-order valence-electron chi connectivity index (χ3n) is 4.69. The zero-order chi connectivity index (χ0) is 25.7. The minimum atomic E-state index is -5.08. The largest absolute Gasteiger partial charge is 0.490 e. The number of alkyl halides is 3. The number of morpholine rings is 1. The highest BCUT2D eigenvalue weighted by Crippen LogP contribution is 2.25. The number of carboxylic acids is 2. The number of aromatic nitrogens is 1. The van der Waals surface area contributed by atoms with Crippen LogP contribution in [0.1, 0.15) is 21.5 Å². The summed E-state index contributed by atoms with van der Waals surface area (Å²) in [6.07, 6.45) is -3.75. The van der Waals surface area contributed by atoms with Gasteiger partial charge in [0, 0.05) is 13.1 Å². The molecule has 1 aromatic carbocycles. The Morgan fingerprint density at radius 2 is 1.68 bits per heavy atom. The predicted molar refractivity (Wildman–Crippen MR) is 115 cm³/mol. The van der Waals surface area contributed by atoms with Crippen LogP contribution in [0.4, 0.5) is 24.7 Å². The number of rotatable bonds is 5. The molecule has 1 aliphatic rings. The zero-order valence-electron chi connectivity index (χ0n) is 18.1. The molecule has 0 unspecified atom stereocenters. The van der Waals surface area contributed by atoms with Gasteiger partial charge < -0.3 is 19.8 Å². The first-order chi connectivity index (χ1) is 15.7. The Balaban J connectivity index is 0.000000509. The van der Waals surface area contributed by atoms with E-state index in [1.807, 2.05) is 18.7 Å². The Labute approximate surface area is 193 Å². The summed E-state index contributed by atoms with van der Waals surface area (Å²) in [6.45, 7) is 5.76. The van der Waals surface area contributed by atoms with Gasteiger partial charge in [-0.15, -0.1) is 0 Å². The summed E-state index contributed by atoms with van der Waals surface area (Å²) in [5, 5.41) is 16.7. The maximum atomic E-state index is 12.6. The second kappa shape index (κ2) is 10.7. The first-order valence-corrected chi connectivity index (χ1v) is 11.2. The van der Waals surface area contributed by atoms with Crippen molar-refractivity contribution >= 4 is 33.5 Å². The molecule has 1 aromatic heterocycles. The molecule has 1 aliphatic heterocycles. The minimum Gasteiger partial charge on any atom is -0.478 e. The Kier molecular flexibility index (Phi) is 8.45. The summed E-state index contributed by atoms with van der Waals surface area (Å²) in [5.41, 5.74) is 1.88. The molecule has 2 heterocycles. The van der Waals surface area contributed by atoms with Gasteiger partial charge in [-0.25, -0.2) is 23.0 Å². The van der Waals surface area contributed by atoms with Crippen molar-refractivity contribution in [1.29, 1.82) is 0 Å². The lowest BCUT2D eigenvalue weighted by Crippen LogP contribution is -2.37. The summed E-state index contributed by atoms with van der Waals surface area (Å²) in [7, 11) is -3.85. The SMILES string of the molecule is Cc1ccc(S(=O)(=O)Nc2cnc(N3CCOCC3)c(C(=O)O)c2)cc1C.O=C(O)C(F)(F)F. The van der Waals surface area contributed by atoms with Crippen LogP contribution in [-0.4, -0.2) is 68.0 Å². The molecule has 14 heteroatoms. The zero-order valence-corrected chi connectivity index (χ0v) is 18.9. The number of anilines is 2. The van der Waals surface area contributed by atoms with E-state index in [0.29, 0.717) is 32.1 Å². The van der Waals surface area contributed by atoms with Crippen LogP contribution < -0.4 is 9.62 Å².